The Morgan fingerprint density at radius 3 is 2.78 bits per heavy atom. The monoisotopic (exact) mass is 433 g/mol. The molecule has 4 aromatic heterocycles. The molecule has 0 unspecified atom stereocenters. The number of carbonyl (C=O) groups excluding carboxylic acids is 1. The minimum atomic E-state index is -0.352. The van der Waals surface area contributed by atoms with Crippen LogP contribution in [0.5, 0.6) is 0 Å². The van der Waals surface area contributed by atoms with E-state index in [0.29, 0.717) is 49.0 Å². The van der Waals surface area contributed by atoms with Crippen LogP contribution < -0.4 is 5.32 Å². The fourth-order valence-corrected chi connectivity index (χ4v) is 3.14. The molecule has 0 atom stereocenters. The van der Waals surface area contributed by atoms with Crippen molar-refractivity contribution in [2.24, 2.45) is 0 Å². The van der Waals surface area contributed by atoms with Crippen molar-refractivity contribution in [3.8, 4) is 22.5 Å². The van der Waals surface area contributed by atoms with E-state index in [1.165, 1.54) is 0 Å². The first kappa shape index (κ1) is 21.4. The van der Waals surface area contributed by atoms with E-state index in [1.807, 2.05) is 24.3 Å². The van der Waals surface area contributed by atoms with Crippen LogP contribution in [0.1, 0.15) is 10.5 Å². The second-order valence-electron chi connectivity index (χ2n) is 6.84. The normalized spacial score (nSPS) is 10.9. The van der Waals surface area contributed by atoms with E-state index in [-0.39, 0.29) is 11.6 Å². The van der Waals surface area contributed by atoms with Gasteiger partial charge in [0.2, 0.25) is 0 Å². The number of pyridine rings is 2. The maximum atomic E-state index is 13.2. The van der Waals surface area contributed by atoms with Crippen LogP contribution in [0.4, 0.5) is 5.69 Å². The zero-order valence-electron chi connectivity index (χ0n) is 17.6. The predicted octanol–water partition coefficient (Wildman–Crippen LogP) is 3.52. The van der Waals surface area contributed by atoms with Crippen LogP contribution in [0, 0.1) is 0 Å². The molecule has 4 rings (SSSR count). The third-order valence-corrected chi connectivity index (χ3v) is 4.67. The summed E-state index contributed by atoms with van der Waals surface area (Å²) < 4.78 is 17.4. The summed E-state index contributed by atoms with van der Waals surface area (Å²) in [6.45, 7) is 2.02. The van der Waals surface area contributed by atoms with Gasteiger partial charge in [-0.1, -0.05) is 12.1 Å². The van der Waals surface area contributed by atoms with Gasteiger partial charge >= 0.3 is 0 Å². The largest absolute Gasteiger partial charge is 0.472 e. The highest BCUT2D eigenvalue weighted by atomic mass is 16.5. The number of hydrogen-bond donors (Lipinski definition) is 1. The van der Waals surface area contributed by atoms with Gasteiger partial charge in [-0.3, -0.25) is 19.4 Å². The van der Waals surface area contributed by atoms with Gasteiger partial charge in [-0.05, 0) is 24.3 Å². The third-order valence-electron chi connectivity index (χ3n) is 4.67. The van der Waals surface area contributed by atoms with E-state index >= 15 is 0 Å². The number of nitrogens with one attached hydrogen (secondary N) is 1. The zero-order chi connectivity index (χ0) is 22.2. The highest BCUT2D eigenvalue weighted by Gasteiger charge is 2.19. The Bertz CT molecular complexity index is 1140. The molecule has 0 fully saturated rings. The molecule has 0 aliphatic carbocycles. The summed E-state index contributed by atoms with van der Waals surface area (Å²) >= 11 is 0. The molecule has 9 nitrogen and oxygen atoms in total. The van der Waals surface area contributed by atoms with Crippen molar-refractivity contribution in [3.63, 3.8) is 0 Å². The molecule has 0 saturated carbocycles. The highest BCUT2D eigenvalue weighted by molar-refractivity contribution is 6.08. The van der Waals surface area contributed by atoms with Crippen molar-refractivity contribution in [3.05, 3.63) is 73.2 Å². The molecule has 32 heavy (non-hydrogen) atoms. The Kier molecular flexibility index (Phi) is 7.01. The Balaban J connectivity index is 1.58. The summed E-state index contributed by atoms with van der Waals surface area (Å²) in [7, 11) is 1.63. The quantitative estimate of drug-likeness (QED) is 0.382. The minimum absolute atomic E-state index is 0.288. The minimum Gasteiger partial charge on any atom is -0.472 e. The maximum absolute atomic E-state index is 13.2. The lowest BCUT2D eigenvalue weighted by Crippen LogP contribution is -2.15. The van der Waals surface area contributed by atoms with Crippen molar-refractivity contribution < 1.29 is 18.7 Å². The number of nitrogens with zero attached hydrogens (tertiary/aromatic N) is 4. The van der Waals surface area contributed by atoms with Crippen LogP contribution in [0.25, 0.3) is 22.5 Å². The molecular formula is C23H23N5O4. The molecule has 1 amide bonds. The van der Waals surface area contributed by atoms with Crippen LogP contribution in [0.15, 0.2) is 71.9 Å². The number of carbonyl (C=O) groups is 1. The van der Waals surface area contributed by atoms with E-state index in [9.17, 15) is 4.79 Å². The summed E-state index contributed by atoms with van der Waals surface area (Å²) in [4.78, 5) is 21.8. The first-order valence-electron chi connectivity index (χ1n) is 10.1. The van der Waals surface area contributed by atoms with E-state index in [1.54, 1.807) is 55.0 Å². The molecular weight excluding hydrogens is 410 g/mol. The Morgan fingerprint density at radius 1 is 1.09 bits per heavy atom. The van der Waals surface area contributed by atoms with Crippen LogP contribution in [-0.2, 0) is 16.0 Å². The fourth-order valence-electron chi connectivity index (χ4n) is 3.14. The average Bonchev–Trinajstić information content (AvgIpc) is 3.50. The Morgan fingerprint density at radius 2 is 2.00 bits per heavy atom. The average molecular weight is 433 g/mol. The number of amides is 1. The molecule has 4 heterocycles. The topological polar surface area (TPSA) is 104 Å². The smallest absolute Gasteiger partial charge is 0.275 e. The number of ether oxygens (including phenoxy) is 2. The van der Waals surface area contributed by atoms with Crippen LogP contribution in [0.3, 0.4) is 0 Å². The Labute approximate surface area is 185 Å². The SMILES string of the molecule is COCCOCCn1cc(NC(=O)c2ncccc2-c2ccoc2)c(-c2ccccn2)n1. The predicted molar refractivity (Wildman–Crippen MR) is 118 cm³/mol. The third kappa shape index (κ3) is 5.08. The summed E-state index contributed by atoms with van der Waals surface area (Å²) in [6.07, 6.45) is 8.17. The molecule has 0 bridgehead atoms. The molecule has 1 N–H and O–H groups in total. The second kappa shape index (κ2) is 10.5. The van der Waals surface area contributed by atoms with Gasteiger partial charge < -0.3 is 19.2 Å². The summed E-state index contributed by atoms with van der Waals surface area (Å²) in [6, 6.07) is 10.9. The second-order valence-corrected chi connectivity index (χ2v) is 6.84. The van der Waals surface area contributed by atoms with Gasteiger partial charge in [0.1, 0.15) is 11.4 Å². The Hall–Kier alpha value is -3.82. The molecule has 0 saturated heterocycles. The van der Waals surface area contributed by atoms with E-state index < -0.39 is 0 Å². The van der Waals surface area contributed by atoms with E-state index in [0.717, 1.165) is 5.56 Å². The first-order valence-corrected chi connectivity index (χ1v) is 10.1. The van der Waals surface area contributed by atoms with Crippen LogP contribution >= 0.6 is 0 Å². The van der Waals surface area contributed by atoms with Gasteiger partial charge in [0.25, 0.3) is 5.91 Å². The number of methoxy groups -OCH3 is 1. The lowest BCUT2D eigenvalue weighted by atomic mass is 10.1. The lowest BCUT2D eigenvalue weighted by molar-refractivity contribution is 0.0654. The number of furan rings is 1. The summed E-state index contributed by atoms with van der Waals surface area (Å²) in [5.41, 5.74) is 3.50. The van der Waals surface area contributed by atoms with E-state index in [2.05, 4.69) is 20.4 Å². The van der Waals surface area contributed by atoms with Crippen LogP contribution in [-0.4, -0.2) is 52.6 Å². The summed E-state index contributed by atoms with van der Waals surface area (Å²) in [5, 5.41) is 7.55. The first-order chi connectivity index (χ1) is 15.8. The fraction of sp³-hybridized carbons (Fsp3) is 0.217. The molecule has 0 aromatic carbocycles. The van der Waals surface area contributed by atoms with Gasteiger partial charge in [0, 0.05) is 36.8 Å². The van der Waals surface area contributed by atoms with Crippen molar-refractivity contribution in [1.82, 2.24) is 19.7 Å². The number of hydrogen-bond acceptors (Lipinski definition) is 7. The van der Waals surface area contributed by atoms with Gasteiger partial charge in [-0.2, -0.15) is 5.10 Å². The molecule has 0 aliphatic rings. The van der Waals surface area contributed by atoms with Crippen molar-refractivity contribution in [2.75, 3.05) is 32.2 Å². The number of rotatable bonds is 10. The van der Waals surface area contributed by atoms with Gasteiger partial charge in [0.05, 0.1) is 50.3 Å². The molecule has 0 aliphatic heterocycles. The molecule has 4 aromatic rings. The highest BCUT2D eigenvalue weighted by Crippen LogP contribution is 2.27. The van der Waals surface area contributed by atoms with Crippen LogP contribution in [0.2, 0.25) is 0 Å². The van der Waals surface area contributed by atoms with Crippen molar-refractivity contribution in [2.45, 2.75) is 6.54 Å². The standard InChI is InChI=1S/C23H23N5O4/c1-30-13-14-31-12-10-28-15-20(22(27-28)19-6-2-3-8-24-19)26-23(29)21-18(5-4-9-25-21)17-7-11-32-16-17/h2-9,11,15-16H,10,12-14H2,1H3,(H,26,29). The van der Waals surface area contributed by atoms with Gasteiger partial charge in [0.15, 0.2) is 0 Å². The zero-order valence-corrected chi connectivity index (χ0v) is 17.6. The molecule has 164 valence electrons. The number of anilines is 1. The molecule has 0 spiro atoms. The summed E-state index contributed by atoms with van der Waals surface area (Å²) in [5.74, 6) is -0.352. The van der Waals surface area contributed by atoms with Gasteiger partial charge in [-0.15, -0.1) is 0 Å². The molecule has 9 heteroatoms. The maximum Gasteiger partial charge on any atom is 0.275 e. The van der Waals surface area contributed by atoms with E-state index in [4.69, 9.17) is 13.9 Å². The van der Waals surface area contributed by atoms with Gasteiger partial charge in [-0.25, -0.2) is 0 Å². The molecule has 0 radical (unpaired) electrons. The van der Waals surface area contributed by atoms with Crippen molar-refractivity contribution >= 4 is 11.6 Å². The lowest BCUT2D eigenvalue weighted by Gasteiger charge is -2.08. The van der Waals surface area contributed by atoms with Crippen molar-refractivity contribution in [1.29, 1.82) is 0 Å². The number of aromatic nitrogens is 4.